The van der Waals surface area contributed by atoms with E-state index < -0.39 is 5.60 Å². The fourth-order valence-electron chi connectivity index (χ4n) is 2.30. The molecule has 22 heavy (non-hydrogen) atoms. The zero-order valence-corrected chi connectivity index (χ0v) is 14.7. The van der Waals surface area contributed by atoms with Gasteiger partial charge in [-0.25, -0.2) is 4.79 Å². The Bertz CT molecular complexity index is 541. The summed E-state index contributed by atoms with van der Waals surface area (Å²) in [5, 5.41) is 9.91. The second-order valence-electron chi connectivity index (χ2n) is 6.40. The molecular weight excluding hydrogens is 350 g/mol. The Morgan fingerprint density at radius 3 is 2.91 bits per heavy atom. The minimum absolute atomic E-state index is 0.151. The largest absolute Gasteiger partial charge is 0.508 e. The average Bonchev–Trinajstić information content (AvgIpc) is 2.41. The Morgan fingerprint density at radius 1 is 1.50 bits per heavy atom. The van der Waals surface area contributed by atoms with Crippen LogP contribution in [0.25, 0.3) is 0 Å². The first-order chi connectivity index (χ1) is 10.2. The van der Waals surface area contributed by atoms with E-state index in [1.165, 1.54) is 0 Å². The average molecular weight is 372 g/mol. The molecule has 1 atom stereocenters. The van der Waals surface area contributed by atoms with Gasteiger partial charge in [0.2, 0.25) is 0 Å². The Kier molecular flexibility index (Phi) is 5.34. The lowest BCUT2D eigenvalue weighted by molar-refractivity contribution is -0.0416. The molecule has 1 amide bonds. The van der Waals surface area contributed by atoms with Crippen molar-refractivity contribution in [2.75, 3.05) is 19.7 Å². The van der Waals surface area contributed by atoms with Crippen molar-refractivity contribution in [3.05, 3.63) is 28.2 Å². The highest BCUT2D eigenvalue weighted by Crippen LogP contribution is 2.25. The number of nitrogens with zero attached hydrogens (tertiary/aromatic N) is 1. The first-order valence-electron chi connectivity index (χ1n) is 7.31. The molecule has 0 saturated carbocycles. The highest BCUT2D eigenvalue weighted by molar-refractivity contribution is 9.10. The van der Waals surface area contributed by atoms with Crippen molar-refractivity contribution in [3.8, 4) is 5.75 Å². The molecule has 1 aromatic rings. The lowest BCUT2D eigenvalue weighted by atomic mass is 10.1. The Labute approximate surface area is 139 Å². The van der Waals surface area contributed by atoms with Crippen molar-refractivity contribution in [2.45, 2.75) is 38.9 Å². The minimum Gasteiger partial charge on any atom is -0.508 e. The Hall–Kier alpha value is -1.27. The number of phenols is 1. The summed E-state index contributed by atoms with van der Waals surface area (Å²) in [4.78, 5) is 13.8. The molecule has 6 heteroatoms. The van der Waals surface area contributed by atoms with Crippen LogP contribution in [0.3, 0.4) is 0 Å². The number of morpholine rings is 1. The van der Waals surface area contributed by atoms with Gasteiger partial charge in [0.1, 0.15) is 11.4 Å². The topological polar surface area (TPSA) is 59.0 Å². The van der Waals surface area contributed by atoms with Crippen LogP contribution < -0.4 is 0 Å². The van der Waals surface area contributed by atoms with Gasteiger partial charge in [0.05, 0.1) is 19.3 Å². The normalized spacial score (nSPS) is 19.1. The first kappa shape index (κ1) is 17.1. The fraction of sp³-hybridized carbons (Fsp3) is 0.562. The van der Waals surface area contributed by atoms with Crippen LogP contribution in [0, 0.1) is 0 Å². The maximum atomic E-state index is 12.1. The smallest absolute Gasteiger partial charge is 0.410 e. The van der Waals surface area contributed by atoms with Crippen molar-refractivity contribution in [1.29, 1.82) is 0 Å². The summed E-state index contributed by atoms with van der Waals surface area (Å²) >= 11 is 3.39. The van der Waals surface area contributed by atoms with Gasteiger partial charge in [-0.05, 0) is 44.5 Å². The van der Waals surface area contributed by atoms with E-state index in [-0.39, 0.29) is 17.9 Å². The van der Waals surface area contributed by atoms with E-state index >= 15 is 0 Å². The van der Waals surface area contributed by atoms with Gasteiger partial charge in [0.25, 0.3) is 0 Å². The van der Waals surface area contributed by atoms with E-state index in [1.54, 1.807) is 17.0 Å². The maximum absolute atomic E-state index is 12.1. The number of hydrogen-bond donors (Lipinski definition) is 1. The van der Waals surface area contributed by atoms with Crippen LogP contribution in [0.5, 0.6) is 5.75 Å². The second kappa shape index (κ2) is 6.87. The number of carbonyl (C=O) groups is 1. The predicted molar refractivity (Wildman–Crippen MR) is 87.1 cm³/mol. The van der Waals surface area contributed by atoms with E-state index in [1.807, 2.05) is 26.8 Å². The molecule has 2 rings (SSSR count). The van der Waals surface area contributed by atoms with Crippen LogP contribution >= 0.6 is 15.9 Å². The summed E-state index contributed by atoms with van der Waals surface area (Å²) in [7, 11) is 0. The standard InChI is InChI=1S/C16H22BrNO4/c1-16(2,3)22-15(20)18-6-7-21-13(10-18)9-11-8-12(17)4-5-14(11)19/h4-5,8,13,19H,6-7,9-10H2,1-3H3. The van der Waals surface area contributed by atoms with E-state index in [0.29, 0.717) is 26.1 Å². The van der Waals surface area contributed by atoms with Gasteiger partial charge in [-0.1, -0.05) is 15.9 Å². The van der Waals surface area contributed by atoms with Crippen molar-refractivity contribution >= 4 is 22.0 Å². The third-order valence-electron chi connectivity index (χ3n) is 3.28. The number of hydrogen-bond acceptors (Lipinski definition) is 4. The lowest BCUT2D eigenvalue weighted by Crippen LogP contribution is -2.48. The summed E-state index contributed by atoms with van der Waals surface area (Å²) in [6.07, 6.45) is 0.0747. The molecule has 1 unspecified atom stereocenters. The van der Waals surface area contributed by atoms with Crippen LogP contribution in [-0.2, 0) is 15.9 Å². The van der Waals surface area contributed by atoms with Crippen molar-refractivity contribution in [1.82, 2.24) is 4.90 Å². The summed E-state index contributed by atoms with van der Waals surface area (Å²) in [6, 6.07) is 5.30. The number of aromatic hydroxyl groups is 1. The van der Waals surface area contributed by atoms with E-state index in [2.05, 4.69) is 15.9 Å². The monoisotopic (exact) mass is 371 g/mol. The summed E-state index contributed by atoms with van der Waals surface area (Å²) in [6.45, 7) is 7.00. The van der Waals surface area contributed by atoms with Crippen molar-refractivity contribution in [3.63, 3.8) is 0 Å². The van der Waals surface area contributed by atoms with Crippen LogP contribution in [0.15, 0.2) is 22.7 Å². The number of rotatable bonds is 2. The SMILES string of the molecule is CC(C)(C)OC(=O)N1CCOC(Cc2cc(Br)ccc2O)C1. The maximum Gasteiger partial charge on any atom is 0.410 e. The number of phenolic OH excluding ortho intramolecular Hbond substituents is 1. The van der Waals surface area contributed by atoms with Crippen LogP contribution in [0.4, 0.5) is 4.79 Å². The van der Waals surface area contributed by atoms with Gasteiger partial charge >= 0.3 is 6.09 Å². The third kappa shape index (κ3) is 4.88. The van der Waals surface area contributed by atoms with Crippen LogP contribution in [0.2, 0.25) is 0 Å². The highest BCUT2D eigenvalue weighted by atomic mass is 79.9. The van der Waals surface area contributed by atoms with Gasteiger partial charge in [-0.15, -0.1) is 0 Å². The van der Waals surface area contributed by atoms with Crippen LogP contribution in [-0.4, -0.2) is 47.5 Å². The molecule has 1 heterocycles. The highest BCUT2D eigenvalue weighted by Gasteiger charge is 2.28. The zero-order chi connectivity index (χ0) is 16.3. The molecule has 1 saturated heterocycles. The van der Waals surface area contributed by atoms with Gasteiger partial charge in [0, 0.05) is 17.4 Å². The molecule has 0 spiro atoms. The number of benzene rings is 1. The second-order valence-corrected chi connectivity index (χ2v) is 7.31. The molecule has 1 N–H and O–H groups in total. The van der Waals surface area contributed by atoms with E-state index in [0.717, 1.165) is 10.0 Å². The molecule has 5 nitrogen and oxygen atoms in total. The predicted octanol–water partition coefficient (Wildman–Crippen LogP) is 3.33. The Balaban J connectivity index is 1.98. The van der Waals surface area contributed by atoms with Gasteiger partial charge in [0.15, 0.2) is 0 Å². The molecule has 0 radical (unpaired) electrons. The minimum atomic E-state index is -0.507. The third-order valence-corrected chi connectivity index (χ3v) is 3.77. The molecule has 0 aromatic heterocycles. The molecule has 0 bridgehead atoms. The Morgan fingerprint density at radius 2 is 2.23 bits per heavy atom. The summed E-state index contributed by atoms with van der Waals surface area (Å²) < 4.78 is 12.0. The van der Waals surface area contributed by atoms with Crippen molar-refractivity contribution < 1.29 is 19.4 Å². The summed E-state index contributed by atoms with van der Waals surface area (Å²) in [5.74, 6) is 0.237. The van der Waals surface area contributed by atoms with Gasteiger partial charge < -0.3 is 19.5 Å². The molecule has 0 aliphatic carbocycles. The number of carbonyl (C=O) groups excluding carboxylic acids is 1. The number of ether oxygens (including phenoxy) is 2. The van der Waals surface area contributed by atoms with Gasteiger partial charge in [-0.3, -0.25) is 0 Å². The zero-order valence-electron chi connectivity index (χ0n) is 13.1. The van der Waals surface area contributed by atoms with E-state index in [4.69, 9.17) is 9.47 Å². The quantitative estimate of drug-likeness (QED) is 0.865. The molecular formula is C16H22BrNO4. The number of amides is 1. The van der Waals surface area contributed by atoms with Gasteiger partial charge in [-0.2, -0.15) is 0 Å². The molecule has 122 valence electrons. The van der Waals surface area contributed by atoms with Crippen molar-refractivity contribution in [2.24, 2.45) is 0 Å². The van der Waals surface area contributed by atoms with Crippen LogP contribution in [0.1, 0.15) is 26.3 Å². The van der Waals surface area contributed by atoms with E-state index in [9.17, 15) is 9.90 Å². The number of halogens is 1. The lowest BCUT2D eigenvalue weighted by Gasteiger charge is -2.34. The molecule has 1 aliphatic heterocycles. The molecule has 1 aliphatic rings. The summed E-state index contributed by atoms with van der Waals surface area (Å²) in [5.41, 5.74) is 0.290. The first-order valence-corrected chi connectivity index (χ1v) is 8.11. The fourth-order valence-corrected chi connectivity index (χ4v) is 2.71. The molecule has 1 fully saturated rings. The molecule has 1 aromatic carbocycles.